The maximum atomic E-state index is 12.9. The quantitative estimate of drug-likeness (QED) is 0.512. The number of para-hydroxylation sites is 3. The number of nitrogens with one attached hydrogen (secondary N) is 1. The molecule has 0 fully saturated rings. The number of nitrogens with zero attached hydrogens (tertiary/aromatic N) is 2. The molecule has 3 aromatic carbocycles. The van der Waals surface area contributed by atoms with E-state index in [1.807, 2.05) is 66.7 Å². The summed E-state index contributed by atoms with van der Waals surface area (Å²) in [7, 11) is 0. The Morgan fingerprint density at radius 2 is 1.87 bits per heavy atom. The summed E-state index contributed by atoms with van der Waals surface area (Å²) in [4.78, 5) is 31.3. The molecule has 6 nitrogen and oxygen atoms in total. The highest BCUT2D eigenvalue weighted by atomic mass is 32.1. The number of fused-ring (bicyclic) bond motifs is 2. The van der Waals surface area contributed by atoms with E-state index >= 15 is 0 Å². The van der Waals surface area contributed by atoms with Crippen molar-refractivity contribution in [3.63, 3.8) is 0 Å². The second kappa shape index (κ2) is 7.85. The molecule has 0 unspecified atom stereocenters. The number of carbonyl (C=O) groups excluding carboxylic acids is 2. The van der Waals surface area contributed by atoms with Gasteiger partial charge in [-0.1, -0.05) is 36.4 Å². The molecule has 1 aromatic heterocycles. The lowest BCUT2D eigenvalue weighted by Crippen LogP contribution is -2.48. The summed E-state index contributed by atoms with van der Waals surface area (Å²) >= 11 is 1.61. The molecule has 0 saturated heterocycles. The first-order valence-corrected chi connectivity index (χ1v) is 10.7. The Hall–Kier alpha value is -3.71. The number of amides is 2. The van der Waals surface area contributed by atoms with Gasteiger partial charge in [-0.05, 0) is 36.4 Å². The van der Waals surface area contributed by atoms with E-state index in [1.54, 1.807) is 22.3 Å². The number of ether oxygens (including phenoxy) is 1. The second-order valence-electron chi connectivity index (χ2n) is 7.26. The Morgan fingerprint density at radius 1 is 1.06 bits per heavy atom. The second-order valence-corrected chi connectivity index (χ2v) is 8.29. The van der Waals surface area contributed by atoms with Crippen LogP contribution in [0.15, 0.2) is 72.8 Å². The van der Waals surface area contributed by atoms with Crippen molar-refractivity contribution in [1.82, 2.24) is 4.98 Å². The van der Waals surface area contributed by atoms with Gasteiger partial charge in [-0.3, -0.25) is 9.59 Å². The third kappa shape index (κ3) is 3.75. The van der Waals surface area contributed by atoms with Gasteiger partial charge < -0.3 is 15.0 Å². The van der Waals surface area contributed by atoms with Gasteiger partial charge in [0.05, 0.1) is 22.4 Å². The topological polar surface area (TPSA) is 71.5 Å². The van der Waals surface area contributed by atoms with Gasteiger partial charge in [0, 0.05) is 18.2 Å². The van der Waals surface area contributed by atoms with Gasteiger partial charge in [0.2, 0.25) is 5.91 Å². The molecular formula is C24H19N3O3S. The summed E-state index contributed by atoms with van der Waals surface area (Å²) in [5.74, 6) is 0.0842. The Balaban J connectivity index is 1.37. The molecule has 0 radical (unpaired) electrons. The van der Waals surface area contributed by atoms with Crippen LogP contribution < -0.4 is 15.0 Å². The largest absolute Gasteiger partial charge is 0.476 e. The van der Waals surface area contributed by atoms with E-state index in [9.17, 15) is 9.59 Å². The minimum atomic E-state index is -0.801. The lowest BCUT2D eigenvalue weighted by Gasteiger charge is -2.33. The summed E-state index contributed by atoms with van der Waals surface area (Å²) in [5.41, 5.74) is 3.21. The van der Waals surface area contributed by atoms with Crippen LogP contribution >= 0.6 is 11.3 Å². The van der Waals surface area contributed by atoms with E-state index in [1.165, 1.54) is 6.92 Å². The summed E-state index contributed by atoms with van der Waals surface area (Å²) in [6.07, 6.45) is -0.801. The fraction of sp³-hybridized carbons (Fsp3) is 0.125. The Bertz CT molecular complexity index is 1270. The molecule has 1 N–H and O–H groups in total. The van der Waals surface area contributed by atoms with Gasteiger partial charge in [-0.2, -0.15) is 0 Å². The number of carbonyl (C=O) groups is 2. The van der Waals surface area contributed by atoms with Crippen molar-refractivity contribution >= 4 is 44.7 Å². The highest BCUT2D eigenvalue weighted by Gasteiger charge is 2.32. The van der Waals surface area contributed by atoms with Gasteiger partial charge in [-0.25, -0.2) is 4.98 Å². The summed E-state index contributed by atoms with van der Waals surface area (Å²) in [6.45, 7) is 1.65. The van der Waals surface area contributed by atoms with Crippen molar-refractivity contribution in [3.8, 4) is 16.3 Å². The van der Waals surface area contributed by atoms with Crippen LogP contribution in [0.3, 0.4) is 0 Å². The van der Waals surface area contributed by atoms with Crippen LogP contribution in [0.25, 0.3) is 20.8 Å². The standard InChI is InChI=1S/C24H19N3O3S/c1-15(28)27-14-21(30-20-11-4-3-10-19(20)27)23(29)25-17-8-6-7-16(13-17)24-26-18-9-2-5-12-22(18)31-24/h2-13,21H,14H2,1H3,(H,25,29)/t21-/m0/s1. The predicted molar refractivity (Wildman–Crippen MR) is 123 cm³/mol. The molecule has 0 saturated carbocycles. The minimum Gasteiger partial charge on any atom is -0.476 e. The van der Waals surface area contributed by atoms with Gasteiger partial charge >= 0.3 is 0 Å². The van der Waals surface area contributed by atoms with Crippen LogP contribution in [0, 0.1) is 0 Å². The summed E-state index contributed by atoms with van der Waals surface area (Å²) < 4.78 is 7.00. The number of thiazole rings is 1. The van der Waals surface area contributed by atoms with Crippen molar-refractivity contribution in [3.05, 3.63) is 72.8 Å². The summed E-state index contributed by atoms with van der Waals surface area (Å²) in [6, 6.07) is 22.8. The van der Waals surface area contributed by atoms with Crippen LogP contribution in [-0.4, -0.2) is 29.4 Å². The van der Waals surface area contributed by atoms with Crippen molar-refractivity contribution in [1.29, 1.82) is 0 Å². The van der Waals surface area contributed by atoms with Crippen molar-refractivity contribution < 1.29 is 14.3 Å². The van der Waals surface area contributed by atoms with Crippen molar-refractivity contribution in [2.24, 2.45) is 0 Å². The number of benzene rings is 3. The Kier molecular flexibility index (Phi) is 4.88. The van der Waals surface area contributed by atoms with E-state index < -0.39 is 6.10 Å². The molecule has 7 heteroatoms. The van der Waals surface area contributed by atoms with Crippen molar-refractivity contribution in [2.45, 2.75) is 13.0 Å². The molecule has 5 rings (SSSR count). The zero-order valence-corrected chi connectivity index (χ0v) is 17.6. The van der Waals surface area contributed by atoms with Crippen molar-refractivity contribution in [2.75, 3.05) is 16.8 Å². The molecule has 0 spiro atoms. The summed E-state index contributed by atoms with van der Waals surface area (Å²) in [5, 5.41) is 3.81. The maximum absolute atomic E-state index is 12.9. The van der Waals surface area contributed by atoms with Crippen LogP contribution in [0.2, 0.25) is 0 Å². The number of anilines is 2. The first-order chi connectivity index (χ1) is 15.1. The normalized spacial score (nSPS) is 15.3. The molecule has 2 heterocycles. The van der Waals surface area contributed by atoms with Gasteiger partial charge in [-0.15, -0.1) is 11.3 Å². The monoisotopic (exact) mass is 429 g/mol. The average Bonchev–Trinajstić information content (AvgIpc) is 3.23. The van der Waals surface area contributed by atoms with E-state index in [0.29, 0.717) is 17.1 Å². The zero-order valence-electron chi connectivity index (χ0n) is 16.7. The molecule has 1 aliphatic heterocycles. The smallest absolute Gasteiger partial charge is 0.267 e. The van der Waals surface area contributed by atoms with Crippen LogP contribution in [0.1, 0.15) is 6.92 Å². The lowest BCUT2D eigenvalue weighted by atomic mass is 10.1. The molecule has 31 heavy (non-hydrogen) atoms. The predicted octanol–water partition coefficient (Wildman–Crippen LogP) is 4.72. The number of hydrogen-bond donors (Lipinski definition) is 1. The zero-order chi connectivity index (χ0) is 21.4. The first-order valence-electron chi connectivity index (χ1n) is 9.89. The molecule has 0 bridgehead atoms. The molecule has 1 aliphatic rings. The first kappa shape index (κ1) is 19.3. The van der Waals surface area contributed by atoms with E-state index in [2.05, 4.69) is 10.3 Å². The molecule has 2 amide bonds. The number of aromatic nitrogens is 1. The minimum absolute atomic E-state index is 0.133. The Labute approximate surface area is 183 Å². The van der Waals surface area contributed by atoms with E-state index in [0.717, 1.165) is 20.8 Å². The molecular weight excluding hydrogens is 410 g/mol. The third-order valence-electron chi connectivity index (χ3n) is 5.12. The van der Waals surface area contributed by atoms with Gasteiger partial charge in [0.25, 0.3) is 5.91 Å². The molecule has 154 valence electrons. The molecule has 1 atom stereocenters. The van der Waals surface area contributed by atoms with Crippen LogP contribution in [0.5, 0.6) is 5.75 Å². The van der Waals surface area contributed by atoms with E-state index in [-0.39, 0.29) is 18.4 Å². The number of hydrogen-bond acceptors (Lipinski definition) is 5. The third-order valence-corrected chi connectivity index (χ3v) is 6.20. The highest BCUT2D eigenvalue weighted by molar-refractivity contribution is 7.21. The molecule has 0 aliphatic carbocycles. The van der Waals surface area contributed by atoms with E-state index in [4.69, 9.17) is 4.74 Å². The number of rotatable bonds is 3. The maximum Gasteiger partial charge on any atom is 0.267 e. The SMILES string of the molecule is CC(=O)N1C[C@@H](C(=O)Nc2cccc(-c3nc4ccccc4s3)c2)Oc2ccccc21. The highest BCUT2D eigenvalue weighted by Crippen LogP contribution is 2.34. The lowest BCUT2D eigenvalue weighted by molar-refractivity contribution is -0.123. The Morgan fingerprint density at radius 3 is 2.71 bits per heavy atom. The average molecular weight is 430 g/mol. The van der Waals surface area contributed by atoms with Crippen LogP contribution in [0.4, 0.5) is 11.4 Å². The fourth-order valence-electron chi connectivity index (χ4n) is 3.62. The van der Waals surface area contributed by atoms with Crippen LogP contribution in [-0.2, 0) is 9.59 Å². The van der Waals surface area contributed by atoms with Gasteiger partial charge in [0.1, 0.15) is 10.8 Å². The fourth-order valence-corrected chi connectivity index (χ4v) is 4.58. The van der Waals surface area contributed by atoms with Gasteiger partial charge in [0.15, 0.2) is 6.10 Å². The molecule has 4 aromatic rings.